The van der Waals surface area contributed by atoms with Crippen LogP contribution in [0.1, 0.15) is 5.69 Å². The number of nitrogens with zero attached hydrogens (tertiary/aromatic N) is 2. The molecule has 154 valence electrons. The number of aromatic nitrogens is 2. The van der Waals surface area contributed by atoms with Crippen molar-refractivity contribution < 1.29 is 0 Å². The van der Waals surface area contributed by atoms with Crippen LogP contribution in [0.25, 0.3) is 10.9 Å². The molecule has 1 aromatic heterocycles. The molecule has 4 heteroatoms. The van der Waals surface area contributed by atoms with E-state index in [1.54, 1.807) is 6.33 Å². The first-order valence-corrected chi connectivity index (χ1v) is 11.3. The van der Waals surface area contributed by atoms with Crippen molar-refractivity contribution in [1.29, 1.82) is 0 Å². The molecule has 0 saturated carbocycles. The van der Waals surface area contributed by atoms with E-state index < -0.39 is 7.92 Å². The first-order chi connectivity index (χ1) is 14.8. The van der Waals surface area contributed by atoms with Crippen molar-refractivity contribution in [1.82, 2.24) is 9.97 Å². The van der Waals surface area contributed by atoms with E-state index >= 15 is 0 Å². The number of hydrogen-bond donors (Lipinski definition) is 0. The van der Waals surface area contributed by atoms with Crippen LogP contribution in [0, 0.1) is 6.92 Å². The lowest BCUT2D eigenvalue weighted by molar-refractivity contribution is 1.15. The lowest BCUT2D eigenvalue weighted by Crippen LogP contribution is -2.20. The third kappa shape index (κ3) is 5.76. The minimum Gasteiger partial charge on any atom is -0.241 e. The van der Waals surface area contributed by atoms with Crippen LogP contribution in [-0.4, -0.2) is 9.97 Å². The third-order valence-electron chi connectivity index (χ3n) is 4.79. The molecule has 0 spiro atoms. The molecular formula is C27H24ClN2P. The zero-order valence-corrected chi connectivity index (χ0v) is 19.0. The maximum atomic E-state index is 4.13. The number of rotatable bonds is 3. The maximum absolute atomic E-state index is 4.13. The summed E-state index contributed by atoms with van der Waals surface area (Å²) >= 11 is 0. The molecule has 2 nitrogen and oxygen atoms in total. The van der Waals surface area contributed by atoms with Crippen LogP contribution in [0.5, 0.6) is 0 Å². The zero-order valence-electron chi connectivity index (χ0n) is 17.3. The number of halogens is 1. The highest BCUT2D eigenvalue weighted by Crippen LogP contribution is 2.32. The number of fused-ring (bicyclic) bond motifs is 1. The number of benzene rings is 4. The molecule has 0 aliphatic rings. The maximum Gasteiger partial charge on any atom is 0.116 e. The van der Waals surface area contributed by atoms with Gasteiger partial charge in [0, 0.05) is 11.1 Å². The predicted octanol–water partition coefficient (Wildman–Crippen LogP) is 5.80. The average Bonchev–Trinajstić information content (AvgIpc) is 2.82. The minimum absolute atomic E-state index is 0. The molecule has 0 saturated heterocycles. The second-order valence-corrected chi connectivity index (χ2v) is 9.04. The molecule has 0 N–H and O–H groups in total. The molecule has 0 bridgehead atoms. The summed E-state index contributed by atoms with van der Waals surface area (Å²) in [6.45, 7) is 1.99. The predicted molar refractivity (Wildman–Crippen MR) is 137 cm³/mol. The fraction of sp³-hybridized carbons (Fsp3) is 0.0370. The Bertz CT molecular complexity index is 1100. The normalized spacial score (nSPS) is 10.1. The van der Waals surface area contributed by atoms with Gasteiger partial charge in [-0.05, 0) is 36.8 Å². The van der Waals surface area contributed by atoms with Gasteiger partial charge in [0.2, 0.25) is 0 Å². The Kier molecular flexibility index (Phi) is 8.29. The smallest absolute Gasteiger partial charge is 0.116 e. The van der Waals surface area contributed by atoms with Crippen molar-refractivity contribution in [3.8, 4) is 0 Å². The molecule has 0 aliphatic carbocycles. The van der Waals surface area contributed by atoms with Gasteiger partial charge in [-0.25, -0.2) is 9.97 Å². The largest absolute Gasteiger partial charge is 0.241 e. The standard InChI is InChI=1S/C18H15P.C9H8N2.ClH/c1-4-10-16(11-5-1)19(17-12-6-2-7-13-17)18-14-8-3-9-15-18;1-7-8-4-2-3-5-9(8)11-6-10-7;/h1-15H;2-6H,1H3;1H. The van der Waals surface area contributed by atoms with E-state index in [0.29, 0.717) is 0 Å². The molecular weight excluding hydrogens is 419 g/mol. The van der Waals surface area contributed by atoms with E-state index in [0.717, 1.165) is 16.6 Å². The molecule has 0 radical (unpaired) electrons. The molecule has 5 rings (SSSR count). The van der Waals surface area contributed by atoms with Crippen LogP contribution in [-0.2, 0) is 0 Å². The Hall–Kier alpha value is -3.06. The summed E-state index contributed by atoms with van der Waals surface area (Å²) in [4.78, 5) is 8.23. The summed E-state index contributed by atoms with van der Waals surface area (Å²) in [6.07, 6.45) is 1.59. The fourth-order valence-corrected chi connectivity index (χ4v) is 5.62. The summed E-state index contributed by atoms with van der Waals surface area (Å²) in [7, 11) is -0.446. The Morgan fingerprint density at radius 3 is 1.39 bits per heavy atom. The molecule has 0 unspecified atom stereocenters. The highest BCUT2D eigenvalue weighted by molar-refractivity contribution is 7.79. The highest BCUT2D eigenvalue weighted by atomic mass is 35.5. The van der Waals surface area contributed by atoms with Gasteiger partial charge >= 0.3 is 0 Å². The number of hydrogen-bond acceptors (Lipinski definition) is 2. The van der Waals surface area contributed by atoms with Gasteiger partial charge in [-0.15, -0.1) is 12.4 Å². The molecule has 1 heterocycles. The zero-order chi connectivity index (χ0) is 20.6. The molecule has 0 fully saturated rings. The van der Waals surface area contributed by atoms with Gasteiger partial charge in [0.25, 0.3) is 0 Å². The van der Waals surface area contributed by atoms with Gasteiger partial charge in [-0.3, -0.25) is 0 Å². The van der Waals surface area contributed by atoms with Crippen molar-refractivity contribution in [3.05, 3.63) is 127 Å². The van der Waals surface area contributed by atoms with Crippen molar-refractivity contribution in [3.63, 3.8) is 0 Å². The van der Waals surface area contributed by atoms with Crippen molar-refractivity contribution in [2.75, 3.05) is 0 Å². The van der Waals surface area contributed by atoms with E-state index in [1.807, 2.05) is 31.2 Å². The van der Waals surface area contributed by atoms with Gasteiger partial charge in [-0.1, -0.05) is 109 Å². The van der Waals surface area contributed by atoms with Gasteiger partial charge in [-0.2, -0.15) is 0 Å². The minimum atomic E-state index is -0.446. The monoisotopic (exact) mass is 442 g/mol. The third-order valence-corrected chi connectivity index (χ3v) is 7.23. The molecule has 0 atom stereocenters. The topological polar surface area (TPSA) is 25.8 Å². The van der Waals surface area contributed by atoms with Crippen LogP contribution in [0.15, 0.2) is 122 Å². The Labute approximate surface area is 191 Å². The Morgan fingerprint density at radius 1 is 0.516 bits per heavy atom. The first kappa shape index (κ1) is 22.6. The quantitative estimate of drug-likeness (QED) is 0.330. The van der Waals surface area contributed by atoms with Crippen LogP contribution in [0.3, 0.4) is 0 Å². The summed E-state index contributed by atoms with van der Waals surface area (Å²) in [5, 5.41) is 5.33. The second kappa shape index (κ2) is 11.4. The SMILES string of the molecule is Cc1ncnc2ccccc12.Cl.c1ccc(P(c2ccccc2)c2ccccc2)cc1. The average molecular weight is 443 g/mol. The second-order valence-electron chi connectivity index (χ2n) is 6.82. The van der Waals surface area contributed by atoms with E-state index in [-0.39, 0.29) is 12.4 Å². The van der Waals surface area contributed by atoms with E-state index in [1.165, 1.54) is 15.9 Å². The summed E-state index contributed by atoms with van der Waals surface area (Å²) < 4.78 is 0. The Balaban J connectivity index is 0.000000194. The van der Waals surface area contributed by atoms with Crippen LogP contribution in [0.4, 0.5) is 0 Å². The van der Waals surface area contributed by atoms with Gasteiger partial charge in [0.1, 0.15) is 6.33 Å². The molecule has 31 heavy (non-hydrogen) atoms. The number of aryl methyl sites for hydroxylation is 1. The first-order valence-electron chi connectivity index (χ1n) is 9.94. The van der Waals surface area contributed by atoms with Crippen molar-refractivity contribution in [2.24, 2.45) is 0 Å². The van der Waals surface area contributed by atoms with Gasteiger partial charge in [0.05, 0.1) is 5.52 Å². The highest BCUT2D eigenvalue weighted by Gasteiger charge is 2.14. The van der Waals surface area contributed by atoms with Crippen LogP contribution in [0.2, 0.25) is 0 Å². The van der Waals surface area contributed by atoms with Crippen LogP contribution >= 0.6 is 20.3 Å². The molecule has 5 aromatic rings. The van der Waals surface area contributed by atoms with Crippen molar-refractivity contribution >= 4 is 47.1 Å². The van der Waals surface area contributed by atoms with Gasteiger partial charge in [0.15, 0.2) is 0 Å². The lowest BCUT2D eigenvalue weighted by Gasteiger charge is -2.18. The molecule has 0 amide bonds. The Morgan fingerprint density at radius 2 is 0.935 bits per heavy atom. The summed E-state index contributed by atoms with van der Waals surface area (Å²) in [5.41, 5.74) is 2.05. The van der Waals surface area contributed by atoms with Crippen LogP contribution < -0.4 is 15.9 Å². The summed E-state index contributed by atoms with van der Waals surface area (Å²) in [6, 6.07) is 40.3. The van der Waals surface area contributed by atoms with E-state index in [2.05, 4.69) is 101 Å². The lowest BCUT2D eigenvalue weighted by atomic mass is 10.2. The van der Waals surface area contributed by atoms with Crippen molar-refractivity contribution in [2.45, 2.75) is 6.92 Å². The summed E-state index contributed by atoms with van der Waals surface area (Å²) in [5.74, 6) is 0. The molecule has 0 aliphatic heterocycles. The fourth-order valence-electron chi connectivity index (χ4n) is 3.32. The van der Waals surface area contributed by atoms with Gasteiger partial charge < -0.3 is 0 Å². The van der Waals surface area contributed by atoms with E-state index in [9.17, 15) is 0 Å². The molecule has 4 aromatic carbocycles. The number of para-hydroxylation sites is 1. The van der Waals surface area contributed by atoms with E-state index in [4.69, 9.17) is 0 Å².